The molecular formula is C41H39N3O2. The Morgan fingerprint density at radius 3 is 1.48 bits per heavy atom. The van der Waals surface area contributed by atoms with Gasteiger partial charge in [0.2, 0.25) is 0 Å². The summed E-state index contributed by atoms with van der Waals surface area (Å²) in [5.41, 5.74) is 6.74. The maximum absolute atomic E-state index is 11.4. The van der Waals surface area contributed by atoms with Crippen molar-refractivity contribution in [3.05, 3.63) is 127 Å². The quantitative estimate of drug-likeness (QED) is 0.141. The highest BCUT2D eigenvalue weighted by Crippen LogP contribution is 2.37. The smallest absolute Gasteiger partial charge is 0.168 e. The van der Waals surface area contributed by atoms with E-state index in [9.17, 15) is 5.11 Å². The average molecular weight is 606 g/mol. The average Bonchev–Trinajstić information content (AvgIpc) is 3.13. The summed E-state index contributed by atoms with van der Waals surface area (Å²) in [7, 11) is 0. The normalized spacial score (nSPS) is 11.1. The minimum atomic E-state index is 0.0342. The van der Waals surface area contributed by atoms with E-state index in [-0.39, 0.29) is 5.75 Å². The predicted octanol–water partition coefficient (Wildman–Crippen LogP) is 10.5. The van der Waals surface area contributed by atoms with Crippen LogP contribution in [0.25, 0.3) is 56.4 Å². The highest BCUT2D eigenvalue weighted by Gasteiger charge is 2.18. The number of phenolic OH excluding ortho intramolecular Hbond substituents is 1. The van der Waals surface area contributed by atoms with Crippen molar-refractivity contribution in [2.24, 2.45) is 5.92 Å². The predicted molar refractivity (Wildman–Crippen MR) is 187 cm³/mol. The van der Waals surface area contributed by atoms with Crippen LogP contribution >= 0.6 is 0 Å². The fraction of sp³-hybridized carbons (Fsp3) is 0.195. The number of benzene rings is 5. The Morgan fingerprint density at radius 1 is 0.522 bits per heavy atom. The van der Waals surface area contributed by atoms with Crippen LogP contribution in [-0.4, -0.2) is 26.7 Å². The van der Waals surface area contributed by atoms with Crippen molar-refractivity contribution in [1.29, 1.82) is 0 Å². The minimum absolute atomic E-state index is 0.0342. The molecule has 0 atom stereocenters. The molecule has 0 amide bonds. The molecule has 0 aliphatic heterocycles. The molecule has 1 N–H and O–H groups in total. The third-order valence-corrected chi connectivity index (χ3v) is 8.54. The second-order valence-electron chi connectivity index (χ2n) is 11.5. The van der Waals surface area contributed by atoms with Crippen molar-refractivity contribution >= 4 is 0 Å². The van der Waals surface area contributed by atoms with Gasteiger partial charge in [0, 0.05) is 11.1 Å². The third kappa shape index (κ3) is 7.16. The summed E-state index contributed by atoms with van der Waals surface area (Å²) in [6.07, 6.45) is 4.39. The molecule has 1 aromatic heterocycles. The summed E-state index contributed by atoms with van der Waals surface area (Å²) in [6.45, 7) is 5.01. The van der Waals surface area contributed by atoms with Gasteiger partial charge in [0.15, 0.2) is 29.0 Å². The van der Waals surface area contributed by atoms with Gasteiger partial charge in [0.05, 0.1) is 12.2 Å². The molecule has 0 bridgehead atoms. The number of phenols is 1. The van der Waals surface area contributed by atoms with E-state index in [1.165, 1.54) is 12.8 Å². The van der Waals surface area contributed by atoms with Gasteiger partial charge in [-0.15, -0.1) is 0 Å². The van der Waals surface area contributed by atoms with Gasteiger partial charge < -0.3 is 9.84 Å². The van der Waals surface area contributed by atoms with E-state index in [1.807, 2.05) is 72.8 Å². The lowest BCUT2D eigenvalue weighted by atomic mass is 9.98. The molecule has 0 spiro atoms. The van der Waals surface area contributed by atoms with E-state index in [0.717, 1.165) is 46.2 Å². The van der Waals surface area contributed by atoms with Gasteiger partial charge >= 0.3 is 0 Å². The summed E-state index contributed by atoms with van der Waals surface area (Å²) in [5, 5.41) is 11.4. The second-order valence-corrected chi connectivity index (χ2v) is 11.5. The molecule has 5 aromatic carbocycles. The number of para-hydroxylation sites is 1. The number of rotatable bonds is 12. The molecule has 5 nitrogen and oxygen atoms in total. The largest absolute Gasteiger partial charge is 0.504 e. The number of hydrogen-bond acceptors (Lipinski definition) is 5. The van der Waals surface area contributed by atoms with Gasteiger partial charge in [-0.3, -0.25) is 0 Å². The Morgan fingerprint density at radius 2 is 0.978 bits per heavy atom. The van der Waals surface area contributed by atoms with Crippen LogP contribution in [0.5, 0.6) is 11.5 Å². The second kappa shape index (κ2) is 14.7. The molecule has 5 heteroatoms. The van der Waals surface area contributed by atoms with Crippen molar-refractivity contribution in [1.82, 2.24) is 15.0 Å². The van der Waals surface area contributed by atoms with Crippen LogP contribution in [0.1, 0.15) is 39.5 Å². The van der Waals surface area contributed by atoms with Gasteiger partial charge in [-0.2, -0.15) is 0 Å². The number of nitrogens with zero attached hydrogens (tertiary/aromatic N) is 3. The molecule has 1 heterocycles. The lowest BCUT2D eigenvalue weighted by Gasteiger charge is -2.14. The van der Waals surface area contributed by atoms with Crippen molar-refractivity contribution in [3.63, 3.8) is 0 Å². The molecule has 0 radical (unpaired) electrons. The lowest BCUT2D eigenvalue weighted by molar-refractivity contribution is 0.276. The monoisotopic (exact) mass is 605 g/mol. The fourth-order valence-electron chi connectivity index (χ4n) is 5.71. The Labute approximate surface area is 271 Å². The molecule has 6 rings (SSSR count). The summed E-state index contributed by atoms with van der Waals surface area (Å²) in [6, 6.07) is 42.5. The summed E-state index contributed by atoms with van der Waals surface area (Å²) >= 11 is 0. The molecule has 46 heavy (non-hydrogen) atoms. The van der Waals surface area contributed by atoms with Crippen molar-refractivity contribution < 1.29 is 9.84 Å². The SMILES string of the molecule is CCC(CC)CCCOc1cccc(-c2nc(-c3ccc(-c4ccccc4)cc3)nc(-c3ccc(-c4ccccc4)cc3)n2)c1O. The molecule has 230 valence electrons. The summed E-state index contributed by atoms with van der Waals surface area (Å²) in [4.78, 5) is 14.7. The highest BCUT2D eigenvalue weighted by atomic mass is 16.5. The van der Waals surface area contributed by atoms with E-state index in [2.05, 4.69) is 62.4 Å². The zero-order valence-electron chi connectivity index (χ0n) is 26.4. The van der Waals surface area contributed by atoms with E-state index in [4.69, 9.17) is 19.7 Å². The number of ether oxygens (including phenoxy) is 1. The molecule has 0 fully saturated rings. The fourth-order valence-corrected chi connectivity index (χ4v) is 5.71. The molecule has 6 aromatic rings. The van der Waals surface area contributed by atoms with Crippen molar-refractivity contribution in [3.8, 4) is 67.9 Å². The van der Waals surface area contributed by atoms with Crippen LogP contribution in [0.15, 0.2) is 127 Å². The number of aromatic nitrogens is 3. The highest BCUT2D eigenvalue weighted by molar-refractivity contribution is 5.74. The standard InChI is InChI=1S/C41H39N3O2/c1-3-29(4-2)13-12-28-46-37-19-11-18-36(38(37)45)41-43-39(34-24-20-32(21-25-34)30-14-7-5-8-15-30)42-40(44-41)35-26-22-33(23-27-35)31-16-9-6-10-17-31/h5-11,14-27,29,45H,3-4,12-13,28H2,1-2H3. The van der Waals surface area contributed by atoms with Gasteiger partial charge in [0.25, 0.3) is 0 Å². The zero-order valence-corrected chi connectivity index (χ0v) is 26.4. The minimum Gasteiger partial charge on any atom is -0.504 e. The molecule has 0 aliphatic carbocycles. The maximum atomic E-state index is 11.4. The third-order valence-electron chi connectivity index (χ3n) is 8.54. The lowest BCUT2D eigenvalue weighted by Crippen LogP contribution is -2.04. The van der Waals surface area contributed by atoms with Crippen LogP contribution in [0.3, 0.4) is 0 Å². The van der Waals surface area contributed by atoms with Crippen LogP contribution in [0.4, 0.5) is 0 Å². The van der Waals surface area contributed by atoms with Crippen LogP contribution in [0.2, 0.25) is 0 Å². The first-order valence-corrected chi connectivity index (χ1v) is 16.2. The van der Waals surface area contributed by atoms with Crippen LogP contribution < -0.4 is 4.74 Å². The van der Waals surface area contributed by atoms with Gasteiger partial charge in [-0.25, -0.2) is 15.0 Å². The van der Waals surface area contributed by atoms with E-state index >= 15 is 0 Å². The van der Waals surface area contributed by atoms with Gasteiger partial charge in [-0.05, 0) is 53.1 Å². The van der Waals surface area contributed by atoms with Gasteiger partial charge in [0.1, 0.15) is 0 Å². The van der Waals surface area contributed by atoms with E-state index in [0.29, 0.717) is 41.3 Å². The van der Waals surface area contributed by atoms with Crippen LogP contribution in [0, 0.1) is 5.92 Å². The first-order valence-electron chi connectivity index (χ1n) is 16.2. The maximum Gasteiger partial charge on any atom is 0.168 e. The van der Waals surface area contributed by atoms with Gasteiger partial charge in [-0.1, -0.05) is 142 Å². The Balaban J connectivity index is 1.35. The Kier molecular flexibility index (Phi) is 9.79. The zero-order chi connectivity index (χ0) is 31.7. The Bertz CT molecular complexity index is 1750. The Hall–Kier alpha value is -5.29. The molecular weight excluding hydrogens is 566 g/mol. The first-order chi connectivity index (χ1) is 22.6. The summed E-state index contributed by atoms with van der Waals surface area (Å²) < 4.78 is 6.06. The first kappa shape index (κ1) is 30.7. The van der Waals surface area contributed by atoms with Crippen LogP contribution in [-0.2, 0) is 0 Å². The molecule has 0 unspecified atom stereocenters. The molecule has 0 aliphatic rings. The molecule has 0 saturated heterocycles. The number of hydrogen-bond donors (Lipinski definition) is 1. The summed E-state index contributed by atoms with van der Waals surface area (Å²) in [5.74, 6) is 2.62. The number of aromatic hydroxyl groups is 1. The van der Waals surface area contributed by atoms with Crippen molar-refractivity contribution in [2.45, 2.75) is 39.5 Å². The van der Waals surface area contributed by atoms with Crippen molar-refractivity contribution in [2.75, 3.05) is 6.61 Å². The topological polar surface area (TPSA) is 68.1 Å². The van der Waals surface area contributed by atoms with E-state index in [1.54, 1.807) is 6.07 Å². The van der Waals surface area contributed by atoms with E-state index < -0.39 is 0 Å². The molecule has 0 saturated carbocycles.